The van der Waals surface area contributed by atoms with Gasteiger partial charge in [0.15, 0.2) is 0 Å². The van der Waals surface area contributed by atoms with E-state index in [1.54, 1.807) is 5.57 Å². The van der Waals surface area contributed by atoms with E-state index in [0.29, 0.717) is 0 Å². The third-order valence-electron chi connectivity index (χ3n) is 2.73. The van der Waals surface area contributed by atoms with Crippen LogP contribution in [0.3, 0.4) is 0 Å². The molecule has 0 N–H and O–H groups in total. The summed E-state index contributed by atoms with van der Waals surface area (Å²) in [6, 6.07) is 0. The molecular weight excluding hydrogens is 144 g/mol. The van der Waals surface area contributed by atoms with E-state index in [9.17, 15) is 0 Å². The molecule has 0 aliphatic carbocycles. The molecule has 72 valence electrons. The first-order chi connectivity index (χ1) is 5.37. The second-order valence-electron chi connectivity index (χ2n) is 4.70. The van der Waals surface area contributed by atoms with Gasteiger partial charge in [-0.1, -0.05) is 38.8 Å². The van der Waals surface area contributed by atoms with Crippen LogP contribution in [0.25, 0.3) is 0 Å². The molecule has 0 radical (unpaired) electrons. The van der Waals surface area contributed by atoms with Crippen molar-refractivity contribution >= 4 is 0 Å². The summed E-state index contributed by atoms with van der Waals surface area (Å²) in [4.78, 5) is 0. The first kappa shape index (κ1) is 11.7. The lowest BCUT2D eigenvalue weighted by Crippen LogP contribution is -2.17. The molecule has 0 aliphatic heterocycles. The Morgan fingerprint density at radius 2 is 1.08 bits per heavy atom. The van der Waals surface area contributed by atoms with Crippen LogP contribution < -0.4 is 0 Å². The van der Waals surface area contributed by atoms with Gasteiger partial charge in [-0.15, -0.1) is 0 Å². The summed E-state index contributed by atoms with van der Waals surface area (Å²) in [5.41, 5.74) is 3.07. The Bertz CT molecular complexity index is 149. The Morgan fingerprint density at radius 1 is 0.750 bits per heavy atom. The van der Waals surface area contributed by atoms with Gasteiger partial charge in [0.05, 0.1) is 0 Å². The lowest BCUT2D eigenvalue weighted by Gasteiger charge is -2.27. The predicted octanol–water partition coefficient (Wildman–Crippen LogP) is 4.27. The monoisotopic (exact) mass is 168 g/mol. The fourth-order valence-corrected chi connectivity index (χ4v) is 2.10. The predicted molar refractivity (Wildman–Crippen MR) is 57.2 cm³/mol. The van der Waals surface area contributed by atoms with Crippen molar-refractivity contribution in [1.82, 2.24) is 0 Å². The topological polar surface area (TPSA) is 0 Å². The zero-order chi connectivity index (χ0) is 9.89. The van der Waals surface area contributed by atoms with Crippen molar-refractivity contribution in [3.8, 4) is 0 Å². The summed E-state index contributed by atoms with van der Waals surface area (Å²) in [7, 11) is 0. The first-order valence-corrected chi connectivity index (χ1v) is 5.01. The molecule has 0 saturated heterocycles. The lowest BCUT2D eigenvalue weighted by molar-refractivity contribution is 0.335. The number of hydrogen-bond acceptors (Lipinski definition) is 0. The minimum absolute atomic E-state index is 0.759. The quantitative estimate of drug-likeness (QED) is 0.552. The molecule has 0 unspecified atom stereocenters. The normalized spacial score (nSPS) is 11.5. The van der Waals surface area contributed by atoms with Crippen LogP contribution in [0.5, 0.6) is 0 Å². The van der Waals surface area contributed by atoms with Crippen molar-refractivity contribution in [2.45, 2.75) is 48.5 Å². The van der Waals surface area contributed by atoms with Crippen LogP contribution in [0, 0.1) is 17.8 Å². The highest BCUT2D eigenvalue weighted by Gasteiger charge is 2.19. The minimum Gasteiger partial charge on any atom is -0.0772 e. The molecule has 0 heterocycles. The molecule has 0 spiro atoms. The third-order valence-corrected chi connectivity index (χ3v) is 2.73. The maximum atomic E-state index is 2.32. The van der Waals surface area contributed by atoms with E-state index in [1.807, 2.05) is 0 Å². The molecule has 0 heteroatoms. The van der Waals surface area contributed by atoms with Crippen LogP contribution in [0.15, 0.2) is 11.1 Å². The van der Waals surface area contributed by atoms with Crippen LogP contribution in [0.2, 0.25) is 0 Å². The number of allylic oxidation sites excluding steroid dienone is 2. The average Bonchev–Trinajstić information content (AvgIpc) is 1.85. The largest absolute Gasteiger partial charge is 0.0772 e. The zero-order valence-corrected chi connectivity index (χ0v) is 9.73. The molecule has 0 amide bonds. The summed E-state index contributed by atoms with van der Waals surface area (Å²) < 4.78 is 0. The van der Waals surface area contributed by atoms with Gasteiger partial charge in [-0.2, -0.15) is 0 Å². The van der Waals surface area contributed by atoms with Gasteiger partial charge in [-0.25, -0.2) is 0 Å². The van der Waals surface area contributed by atoms with E-state index in [2.05, 4.69) is 48.5 Å². The molecule has 0 rings (SSSR count). The van der Waals surface area contributed by atoms with Gasteiger partial charge in [-0.05, 0) is 38.5 Å². The van der Waals surface area contributed by atoms with Crippen LogP contribution >= 0.6 is 0 Å². The van der Waals surface area contributed by atoms with Gasteiger partial charge in [0.25, 0.3) is 0 Å². The molecule has 0 nitrogen and oxygen atoms in total. The maximum Gasteiger partial charge on any atom is -0.0157 e. The van der Waals surface area contributed by atoms with Gasteiger partial charge in [0, 0.05) is 0 Å². The highest BCUT2D eigenvalue weighted by molar-refractivity contribution is 5.12. The van der Waals surface area contributed by atoms with Gasteiger partial charge >= 0.3 is 0 Å². The van der Waals surface area contributed by atoms with Crippen molar-refractivity contribution in [3.63, 3.8) is 0 Å². The summed E-state index contributed by atoms with van der Waals surface area (Å²) in [5, 5.41) is 0. The maximum absolute atomic E-state index is 2.32. The van der Waals surface area contributed by atoms with Crippen molar-refractivity contribution in [2.24, 2.45) is 17.8 Å². The Labute approximate surface area is 78.1 Å². The summed E-state index contributed by atoms with van der Waals surface area (Å²) in [6.45, 7) is 16.0. The van der Waals surface area contributed by atoms with Crippen LogP contribution in [-0.2, 0) is 0 Å². The highest BCUT2D eigenvalue weighted by Crippen LogP contribution is 2.29. The van der Waals surface area contributed by atoms with Crippen molar-refractivity contribution in [2.75, 3.05) is 0 Å². The highest BCUT2D eigenvalue weighted by atomic mass is 14.2. The Balaban J connectivity index is 4.64. The van der Waals surface area contributed by atoms with E-state index in [4.69, 9.17) is 0 Å². The second-order valence-corrected chi connectivity index (χ2v) is 4.70. The van der Waals surface area contributed by atoms with Crippen molar-refractivity contribution in [1.29, 1.82) is 0 Å². The van der Waals surface area contributed by atoms with Crippen molar-refractivity contribution in [3.05, 3.63) is 11.1 Å². The smallest absolute Gasteiger partial charge is 0.0157 e. The lowest BCUT2D eigenvalue weighted by atomic mass is 9.79. The van der Waals surface area contributed by atoms with Crippen molar-refractivity contribution < 1.29 is 0 Å². The molecule has 0 fully saturated rings. The molecular formula is C12H24. The molecule has 0 bridgehead atoms. The molecule has 0 aliphatic rings. The molecule has 0 atom stereocenters. The van der Waals surface area contributed by atoms with E-state index in [0.717, 1.165) is 17.8 Å². The van der Waals surface area contributed by atoms with E-state index >= 15 is 0 Å². The Hall–Kier alpha value is -0.260. The Morgan fingerprint density at radius 3 is 1.17 bits per heavy atom. The summed E-state index contributed by atoms with van der Waals surface area (Å²) in [6.07, 6.45) is 0. The minimum atomic E-state index is 0.759. The molecule has 0 saturated carbocycles. The SMILES string of the molecule is CC(C)=C(C)C(C(C)C)C(C)C. The van der Waals surface area contributed by atoms with Gasteiger partial charge in [-0.3, -0.25) is 0 Å². The first-order valence-electron chi connectivity index (χ1n) is 5.01. The number of rotatable bonds is 3. The standard InChI is InChI=1S/C12H24/c1-8(2)11(7)12(9(3)4)10(5)6/h9-10,12H,1-7H3. The van der Waals surface area contributed by atoms with E-state index in [1.165, 1.54) is 5.57 Å². The third kappa shape index (κ3) is 3.00. The zero-order valence-electron chi connectivity index (χ0n) is 9.73. The second kappa shape index (κ2) is 4.69. The van der Waals surface area contributed by atoms with Gasteiger partial charge < -0.3 is 0 Å². The average molecular weight is 168 g/mol. The number of hydrogen-bond donors (Lipinski definition) is 0. The molecule has 0 aromatic carbocycles. The van der Waals surface area contributed by atoms with Gasteiger partial charge in [0.1, 0.15) is 0 Å². The molecule has 0 aromatic heterocycles. The molecule has 12 heavy (non-hydrogen) atoms. The van der Waals surface area contributed by atoms with E-state index < -0.39 is 0 Å². The fourth-order valence-electron chi connectivity index (χ4n) is 2.10. The van der Waals surface area contributed by atoms with Gasteiger partial charge in [0.2, 0.25) is 0 Å². The molecule has 0 aromatic rings. The fraction of sp³-hybridized carbons (Fsp3) is 0.833. The van der Waals surface area contributed by atoms with Crippen LogP contribution in [0.1, 0.15) is 48.5 Å². The summed E-state index contributed by atoms with van der Waals surface area (Å²) >= 11 is 0. The van der Waals surface area contributed by atoms with E-state index in [-0.39, 0.29) is 0 Å². The Kier molecular flexibility index (Phi) is 4.59. The van der Waals surface area contributed by atoms with Crippen LogP contribution in [-0.4, -0.2) is 0 Å². The summed E-state index contributed by atoms with van der Waals surface area (Å²) in [5.74, 6) is 2.29. The van der Waals surface area contributed by atoms with Crippen LogP contribution in [0.4, 0.5) is 0 Å².